The second-order valence-electron chi connectivity index (χ2n) is 10.6. The van der Waals surface area contributed by atoms with Crippen molar-refractivity contribution in [1.29, 1.82) is 0 Å². The van der Waals surface area contributed by atoms with Gasteiger partial charge in [-0.2, -0.15) is 5.10 Å². The van der Waals surface area contributed by atoms with Gasteiger partial charge in [-0.05, 0) is 62.6 Å². The Kier molecular flexibility index (Phi) is 7.15. The quantitative estimate of drug-likeness (QED) is 0.290. The van der Waals surface area contributed by atoms with Gasteiger partial charge < -0.3 is 4.74 Å². The second kappa shape index (κ2) is 10.2. The molecule has 0 saturated carbocycles. The number of fused-ring (bicyclic) bond motifs is 1. The largest absolute Gasteiger partial charge is 0.573 e. The average molecular weight is 580 g/mol. The molecule has 4 aromatic rings. The molecular formula is C27H29F4N5O3S. The van der Waals surface area contributed by atoms with Crippen molar-refractivity contribution in [1.82, 2.24) is 24.2 Å². The zero-order valence-corrected chi connectivity index (χ0v) is 23.1. The van der Waals surface area contributed by atoms with Crippen LogP contribution in [0.4, 0.5) is 17.6 Å². The number of hydrogen-bond donors (Lipinski definition) is 0. The summed E-state index contributed by atoms with van der Waals surface area (Å²) in [5, 5.41) is 5.13. The van der Waals surface area contributed by atoms with Crippen LogP contribution in [-0.4, -0.2) is 69.1 Å². The van der Waals surface area contributed by atoms with E-state index in [9.17, 15) is 26.0 Å². The molecule has 1 fully saturated rings. The van der Waals surface area contributed by atoms with E-state index >= 15 is 0 Å². The first kappa shape index (κ1) is 28.1. The molecule has 13 heteroatoms. The Morgan fingerprint density at radius 2 is 1.77 bits per heavy atom. The smallest absolute Gasteiger partial charge is 0.403 e. The van der Waals surface area contributed by atoms with E-state index < -0.39 is 27.8 Å². The normalized spacial score (nSPS) is 16.5. The van der Waals surface area contributed by atoms with Gasteiger partial charge in [0.25, 0.3) is 0 Å². The van der Waals surface area contributed by atoms with E-state index in [1.54, 1.807) is 24.0 Å². The summed E-state index contributed by atoms with van der Waals surface area (Å²) in [6.07, 6.45) is 1.97. The van der Waals surface area contributed by atoms with Gasteiger partial charge in [0.05, 0.1) is 29.1 Å². The topological polar surface area (TPSA) is 82.2 Å². The van der Waals surface area contributed by atoms with Gasteiger partial charge in [-0.15, -0.1) is 13.2 Å². The molecule has 1 aliphatic heterocycles. The number of aryl methyl sites for hydroxylation is 2. The molecule has 0 atom stereocenters. The third kappa shape index (κ3) is 5.99. The maximum atomic E-state index is 14.4. The fourth-order valence-electron chi connectivity index (χ4n) is 5.04. The average Bonchev–Trinajstić information content (AvgIpc) is 3.46. The Labute approximate surface area is 229 Å². The highest BCUT2D eigenvalue weighted by Crippen LogP contribution is 2.33. The van der Waals surface area contributed by atoms with Crippen molar-refractivity contribution in [3.63, 3.8) is 0 Å². The number of ether oxygens (including phenoxy) is 1. The molecular weight excluding hydrogens is 550 g/mol. The van der Waals surface area contributed by atoms with Crippen molar-refractivity contribution >= 4 is 20.9 Å². The van der Waals surface area contributed by atoms with Crippen LogP contribution in [0, 0.1) is 5.82 Å². The Morgan fingerprint density at radius 1 is 1.05 bits per heavy atom. The molecule has 1 aliphatic rings. The Bertz CT molecular complexity index is 1650. The van der Waals surface area contributed by atoms with Crippen molar-refractivity contribution in [3.8, 4) is 22.7 Å². The molecule has 40 heavy (non-hydrogen) atoms. The highest BCUT2D eigenvalue weighted by atomic mass is 32.2. The van der Waals surface area contributed by atoms with E-state index in [4.69, 9.17) is 4.98 Å². The zero-order chi connectivity index (χ0) is 28.9. The molecule has 0 amide bonds. The van der Waals surface area contributed by atoms with Crippen molar-refractivity contribution in [2.24, 2.45) is 7.05 Å². The fraction of sp³-hybridized carbons (Fsp3) is 0.407. The summed E-state index contributed by atoms with van der Waals surface area (Å²) in [5.41, 5.74) is 2.84. The van der Waals surface area contributed by atoms with Crippen LogP contribution in [0.3, 0.4) is 0 Å². The molecule has 5 rings (SSSR count). The molecule has 1 saturated heterocycles. The summed E-state index contributed by atoms with van der Waals surface area (Å²) in [4.78, 5) is 6.98. The lowest BCUT2D eigenvalue weighted by Crippen LogP contribution is -2.51. The van der Waals surface area contributed by atoms with Crippen LogP contribution >= 0.6 is 0 Å². The molecule has 4 heterocycles. The monoisotopic (exact) mass is 579 g/mol. The van der Waals surface area contributed by atoms with Gasteiger partial charge in [0.1, 0.15) is 5.65 Å². The molecule has 0 aliphatic carbocycles. The standard InChI is InChI=1S/C27H29F4N5O3S/c1-26(2,35-10-12-40(37,38)13-11-35)9-8-19-16-36(20-15-32-34(3)17-20)25-21(19)5-6-23(33-25)18-4-7-24(22(28)14-18)39-27(29,30)31/h4-7,14-17H,8-13H2,1-3H3. The minimum atomic E-state index is -5.00. The predicted octanol–water partition coefficient (Wildman–Crippen LogP) is 4.91. The molecule has 214 valence electrons. The summed E-state index contributed by atoms with van der Waals surface area (Å²) >= 11 is 0. The maximum Gasteiger partial charge on any atom is 0.573 e. The number of halogens is 4. The first-order chi connectivity index (χ1) is 18.7. The van der Waals surface area contributed by atoms with E-state index in [1.807, 2.05) is 23.0 Å². The van der Waals surface area contributed by atoms with Crippen molar-refractivity contribution in [3.05, 3.63) is 60.3 Å². The molecule has 8 nitrogen and oxygen atoms in total. The number of pyridine rings is 1. The minimum absolute atomic E-state index is 0.160. The Hall–Kier alpha value is -3.45. The Morgan fingerprint density at radius 3 is 2.40 bits per heavy atom. The van der Waals surface area contributed by atoms with Crippen LogP contribution in [-0.2, 0) is 23.3 Å². The Balaban J connectivity index is 1.47. The SMILES string of the molecule is Cn1cc(-n2cc(CCC(C)(C)N3CCS(=O)(=O)CC3)c3ccc(-c4ccc(OC(F)(F)F)c(F)c4)nc32)cn1. The molecule has 0 spiro atoms. The van der Waals surface area contributed by atoms with Crippen LogP contribution in [0.2, 0.25) is 0 Å². The maximum absolute atomic E-state index is 14.4. The van der Waals surface area contributed by atoms with Gasteiger partial charge in [0.15, 0.2) is 21.4 Å². The summed E-state index contributed by atoms with van der Waals surface area (Å²) in [6.45, 7) is 5.23. The third-order valence-electron chi connectivity index (χ3n) is 7.36. The predicted molar refractivity (Wildman–Crippen MR) is 143 cm³/mol. The van der Waals surface area contributed by atoms with Crippen LogP contribution < -0.4 is 4.74 Å². The van der Waals surface area contributed by atoms with E-state index in [0.29, 0.717) is 36.4 Å². The number of sulfone groups is 1. The van der Waals surface area contributed by atoms with Crippen molar-refractivity contribution in [2.75, 3.05) is 24.6 Å². The van der Waals surface area contributed by atoms with E-state index in [1.165, 1.54) is 6.07 Å². The van der Waals surface area contributed by atoms with Gasteiger partial charge in [0, 0.05) is 49.0 Å². The lowest BCUT2D eigenvalue weighted by atomic mass is 9.93. The number of alkyl halides is 3. The minimum Gasteiger partial charge on any atom is -0.403 e. The first-order valence-electron chi connectivity index (χ1n) is 12.7. The number of nitrogens with zero attached hydrogens (tertiary/aromatic N) is 5. The van der Waals surface area contributed by atoms with E-state index in [2.05, 4.69) is 28.6 Å². The molecule has 1 aromatic carbocycles. The van der Waals surface area contributed by atoms with Crippen molar-refractivity contribution in [2.45, 2.75) is 38.6 Å². The van der Waals surface area contributed by atoms with Crippen LogP contribution in [0.5, 0.6) is 5.75 Å². The van der Waals surface area contributed by atoms with E-state index in [0.717, 1.165) is 35.2 Å². The summed E-state index contributed by atoms with van der Waals surface area (Å²) < 4.78 is 83.2. The van der Waals surface area contributed by atoms with Crippen LogP contribution in [0.1, 0.15) is 25.8 Å². The van der Waals surface area contributed by atoms with Crippen molar-refractivity contribution < 1.29 is 30.7 Å². The molecule has 0 unspecified atom stereocenters. The van der Waals surface area contributed by atoms with Gasteiger partial charge in [-0.1, -0.05) is 0 Å². The molecule has 0 radical (unpaired) electrons. The fourth-order valence-corrected chi connectivity index (χ4v) is 6.24. The molecule has 0 N–H and O–H groups in total. The highest BCUT2D eigenvalue weighted by molar-refractivity contribution is 7.91. The molecule has 3 aromatic heterocycles. The summed E-state index contributed by atoms with van der Waals surface area (Å²) in [5.74, 6) is -1.74. The van der Waals surface area contributed by atoms with Gasteiger partial charge in [-0.25, -0.2) is 17.8 Å². The van der Waals surface area contributed by atoms with Crippen LogP contribution in [0.25, 0.3) is 28.0 Å². The van der Waals surface area contributed by atoms with E-state index in [-0.39, 0.29) is 17.0 Å². The highest BCUT2D eigenvalue weighted by Gasteiger charge is 2.33. The number of rotatable bonds is 7. The lowest BCUT2D eigenvalue weighted by molar-refractivity contribution is -0.275. The summed E-state index contributed by atoms with van der Waals surface area (Å²) in [6, 6.07) is 6.81. The number of aromatic nitrogens is 4. The first-order valence-corrected chi connectivity index (χ1v) is 14.5. The number of hydrogen-bond acceptors (Lipinski definition) is 6. The van der Waals surface area contributed by atoms with Gasteiger partial charge in [0.2, 0.25) is 0 Å². The van der Waals surface area contributed by atoms with Gasteiger partial charge >= 0.3 is 6.36 Å². The van der Waals surface area contributed by atoms with Gasteiger partial charge in [-0.3, -0.25) is 14.1 Å². The second-order valence-corrected chi connectivity index (χ2v) is 12.9. The lowest BCUT2D eigenvalue weighted by Gasteiger charge is -2.41. The summed E-state index contributed by atoms with van der Waals surface area (Å²) in [7, 11) is -1.18. The van der Waals surface area contributed by atoms with Crippen LogP contribution in [0.15, 0.2) is 48.9 Å². The number of benzene rings is 1. The zero-order valence-electron chi connectivity index (χ0n) is 22.2. The third-order valence-corrected chi connectivity index (χ3v) is 8.97. The molecule has 0 bridgehead atoms.